The Kier molecular flexibility index (Phi) is 5.04. The molecule has 2 fully saturated rings. The Morgan fingerprint density at radius 1 is 1.40 bits per heavy atom. The average molecular weight is 283 g/mol. The minimum absolute atomic E-state index is 0.352. The summed E-state index contributed by atoms with van der Waals surface area (Å²) < 4.78 is 0. The predicted molar refractivity (Wildman–Crippen MR) is 79.7 cm³/mol. The van der Waals surface area contributed by atoms with Gasteiger partial charge in [-0.15, -0.1) is 0 Å². The first-order valence-electron chi connectivity index (χ1n) is 8.00. The largest absolute Gasteiger partial charge is 0.480 e. The molecule has 3 N–H and O–H groups in total. The summed E-state index contributed by atoms with van der Waals surface area (Å²) in [4.78, 5) is 16.3. The Labute approximate surface area is 122 Å². The summed E-state index contributed by atoms with van der Waals surface area (Å²) in [7, 11) is 0. The van der Waals surface area contributed by atoms with Crippen molar-refractivity contribution in [1.29, 1.82) is 0 Å². The summed E-state index contributed by atoms with van der Waals surface area (Å²) >= 11 is 0. The lowest BCUT2D eigenvalue weighted by Crippen LogP contribution is -2.55. The van der Waals surface area contributed by atoms with Crippen molar-refractivity contribution in [2.24, 2.45) is 5.73 Å². The highest BCUT2D eigenvalue weighted by molar-refractivity contribution is 5.78. The second-order valence-electron chi connectivity index (χ2n) is 6.37. The number of carboxylic acid groups (broad SMARTS) is 1. The van der Waals surface area contributed by atoms with Crippen LogP contribution < -0.4 is 5.73 Å². The van der Waals surface area contributed by atoms with Gasteiger partial charge in [0.1, 0.15) is 5.54 Å². The highest BCUT2D eigenvalue weighted by atomic mass is 16.4. The maximum atomic E-state index is 11.4. The third kappa shape index (κ3) is 3.15. The summed E-state index contributed by atoms with van der Waals surface area (Å²) in [5.74, 6) is -0.832. The fourth-order valence-electron chi connectivity index (χ4n) is 3.92. The molecule has 0 radical (unpaired) electrons. The van der Waals surface area contributed by atoms with E-state index >= 15 is 0 Å². The Morgan fingerprint density at radius 3 is 2.70 bits per heavy atom. The van der Waals surface area contributed by atoms with Gasteiger partial charge in [0.2, 0.25) is 0 Å². The zero-order valence-electron chi connectivity index (χ0n) is 12.8. The molecule has 0 spiro atoms. The molecule has 2 rings (SSSR count). The Bertz CT molecular complexity index is 346. The zero-order chi connectivity index (χ0) is 14.8. The lowest BCUT2D eigenvalue weighted by Gasteiger charge is -2.39. The zero-order valence-corrected chi connectivity index (χ0v) is 12.8. The summed E-state index contributed by atoms with van der Waals surface area (Å²) in [5.41, 5.74) is 5.07. The average Bonchev–Trinajstić information content (AvgIpc) is 2.90. The molecule has 0 bridgehead atoms. The molecule has 1 aliphatic heterocycles. The molecular formula is C15H29N3O2. The monoisotopic (exact) mass is 283 g/mol. The maximum absolute atomic E-state index is 11.4. The smallest absolute Gasteiger partial charge is 0.323 e. The van der Waals surface area contributed by atoms with E-state index in [2.05, 4.69) is 23.6 Å². The minimum Gasteiger partial charge on any atom is -0.480 e. The molecule has 3 atom stereocenters. The van der Waals surface area contributed by atoms with E-state index in [1.807, 2.05) is 0 Å². The Balaban J connectivity index is 1.94. The second kappa shape index (κ2) is 6.41. The minimum atomic E-state index is -1.00. The molecule has 1 heterocycles. The molecule has 3 unspecified atom stereocenters. The van der Waals surface area contributed by atoms with E-state index in [-0.39, 0.29) is 0 Å². The number of hydrogen-bond donors (Lipinski definition) is 2. The fourth-order valence-corrected chi connectivity index (χ4v) is 3.92. The van der Waals surface area contributed by atoms with Gasteiger partial charge in [-0.2, -0.15) is 0 Å². The van der Waals surface area contributed by atoms with Crippen molar-refractivity contribution in [3.63, 3.8) is 0 Å². The van der Waals surface area contributed by atoms with Crippen LogP contribution in [0.2, 0.25) is 0 Å². The number of carbonyl (C=O) groups is 1. The first kappa shape index (κ1) is 15.7. The first-order chi connectivity index (χ1) is 9.50. The van der Waals surface area contributed by atoms with E-state index in [1.54, 1.807) is 0 Å². The Morgan fingerprint density at radius 2 is 2.10 bits per heavy atom. The first-order valence-corrected chi connectivity index (χ1v) is 8.00. The van der Waals surface area contributed by atoms with Crippen LogP contribution in [0, 0.1) is 0 Å². The summed E-state index contributed by atoms with van der Waals surface area (Å²) in [6.45, 7) is 8.76. The number of hydrogen-bond acceptors (Lipinski definition) is 4. The standard InChI is InChI=1S/C15H29N3O2/c1-3-17(4-2)13-7-9-18(11-13)12-6-5-8-15(16,10-12)14(19)20/h12-13H,3-11,16H2,1-2H3,(H,19,20). The number of rotatable bonds is 5. The quantitative estimate of drug-likeness (QED) is 0.791. The summed E-state index contributed by atoms with van der Waals surface area (Å²) in [5, 5.41) is 9.32. The van der Waals surface area contributed by atoms with Crippen LogP contribution in [0.25, 0.3) is 0 Å². The van der Waals surface area contributed by atoms with E-state index in [4.69, 9.17) is 5.73 Å². The van der Waals surface area contributed by atoms with Crippen LogP contribution in [-0.4, -0.2) is 64.7 Å². The van der Waals surface area contributed by atoms with E-state index in [1.165, 1.54) is 6.42 Å². The van der Waals surface area contributed by atoms with Gasteiger partial charge in [0.25, 0.3) is 0 Å². The molecule has 5 heteroatoms. The van der Waals surface area contributed by atoms with Crippen molar-refractivity contribution >= 4 is 5.97 Å². The van der Waals surface area contributed by atoms with Crippen LogP contribution in [0.3, 0.4) is 0 Å². The molecule has 1 saturated heterocycles. The van der Waals surface area contributed by atoms with Gasteiger partial charge in [-0.05, 0) is 45.2 Å². The molecule has 1 aliphatic carbocycles. The van der Waals surface area contributed by atoms with Gasteiger partial charge in [-0.3, -0.25) is 14.6 Å². The molecule has 5 nitrogen and oxygen atoms in total. The van der Waals surface area contributed by atoms with Gasteiger partial charge in [-0.1, -0.05) is 13.8 Å². The van der Waals surface area contributed by atoms with Crippen molar-refractivity contribution in [3.05, 3.63) is 0 Å². The number of aliphatic carboxylic acids is 1. The molecule has 0 aromatic heterocycles. The molecule has 20 heavy (non-hydrogen) atoms. The van der Waals surface area contributed by atoms with Crippen molar-refractivity contribution < 1.29 is 9.90 Å². The number of carboxylic acids is 1. The van der Waals surface area contributed by atoms with Gasteiger partial charge in [0.15, 0.2) is 0 Å². The molecule has 116 valence electrons. The molecule has 1 saturated carbocycles. The predicted octanol–water partition coefficient (Wildman–Crippen LogP) is 1.13. The topological polar surface area (TPSA) is 69.8 Å². The van der Waals surface area contributed by atoms with Gasteiger partial charge in [0, 0.05) is 25.2 Å². The van der Waals surface area contributed by atoms with Gasteiger partial charge in [0.05, 0.1) is 0 Å². The second-order valence-corrected chi connectivity index (χ2v) is 6.37. The van der Waals surface area contributed by atoms with Crippen molar-refractivity contribution in [1.82, 2.24) is 9.80 Å². The number of likely N-dealkylation sites (N-methyl/N-ethyl adjacent to an activating group) is 1. The van der Waals surface area contributed by atoms with E-state index < -0.39 is 11.5 Å². The van der Waals surface area contributed by atoms with E-state index in [0.29, 0.717) is 24.9 Å². The van der Waals surface area contributed by atoms with E-state index in [0.717, 1.165) is 39.0 Å². The fraction of sp³-hybridized carbons (Fsp3) is 0.933. The number of likely N-dealkylation sites (tertiary alicyclic amines) is 1. The number of nitrogens with two attached hydrogens (primary N) is 1. The van der Waals surface area contributed by atoms with Gasteiger partial charge >= 0.3 is 5.97 Å². The summed E-state index contributed by atoms with van der Waals surface area (Å²) in [6, 6.07) is 0.981. The van der Waals surface area contributed by atoms with Crippen LogP contribution in [0.5, 0.6) is 0 Å². The lowest BCUT2D eigenvalue weighted by atomic mass is 9.79. The van der Waals surface area contributed by atoms with Crippen LogP contribution in [0.4, 0.5) is 0 Å². The third-order valence-corrected chi connectivity index (χ3v) is 5.23. The van der Waals surface area contributed by atoms with Gasteiger partial charge in [-0.25, -0.2) is 0 Å². The summed E-state index contributed by atoms with van der Waals surface area (Å²) in [6.07, 6.45) is 4.44. The van der Waals surface area contributed by atoms with Crippen LogP contribution >= 0.6 is 0 Å². The normalized spacial score (nSPS) is 35.6. The molecule has 0 aromatic carbocycles. The van der Waals surface area contributed by atoms with Crippen LogP contribution in [0.15, 0.2) is 0 Å². The third-order valence-electron chi connectivity index (χ3n) is 5.23. The van der Waals surface area contributed by atoms with Gasteiger partial charge < -0.3 is 10.8 Å². The maximum Gasteiger partial charge on any atom is 0.323 e. The van der Waals surface area contributed by atoms with Crippen LogP contribution in [0.1, 0.15) is 46.0 Å². The van der Waals surface area contributed by atoms with Crippen LogP contribution in [-0.2, 0) is 4.79 Å². The van der Waals surface area contributed by atoms with Crippen molar-refractivity contribution in [2.75, 3.05) is 26.2 Å². The van der Waals surface area contributed by atoms with E-state index in [9.17, 15) is 9.90 Å². The van der Waals surface area contributed by atoms with Crippen molar-refractivity contribution in [2.45, 2.75) is 63.6 Å². The molecule has 0 amide bonds. The Hall–Kier alpha value is -0.650. The molecule has 2 aliphatic rings. The van der Waals surface area contributed by atoms with Crippen molar-refractivity contribution in [3.8, 4) is 0 Å². The highest BCUT2D eigenvalue weighted by Gasteiger charge is 2.42. The lowest BCUT2D eigenvalue weighted by molar-refractivity contribution is -0.145. The number of nitrogens with zero attached hydrogens (tertiary/aromatic N) is 2. The SMILES string of the molecule is CCN(CC)C1CCN(C2CCCC(N)(C(=O)O)C2)C1. The highest BCUT2D eigenvalue weighted by Crippen LogP contribution is 2.32. The molecule has 0 aromatic rings. The molecular weight excluding hydrogens is 254 g/mol.